The van der Waals surface area contributed by atoms with Crippen molar-refractivity contribution in [3.05, 3.63) is 53.2 Å². The minimum Gasteiger partial charge on any atom is -0.475 e. The van der Waals surface area contributed by atoms with Crippen LogP contribution in [0, 0.1) is 5.82 Å². The summed E-state index contributed by atoms with van der Waals surface area (Å²) in [5.41, 5.74) is 0.190. The van der Waals surface area contributed by atoms with Crippen LogP contribution in [0.15, 0.2) is 34.7 Å². The first-order chi connectivity index (χ1) is 12.0. The standard InChI is InChI=1S/C16H14FN3O5/c17-12-3-1-9(20-6-5-18-16(20)24)7-11(12)14(21)19-8-10-2-4-13(25-10)15(22)23/h1-4,7H,5-6,8H2,(H,18,24)(H,19,21)(H,22,23). The Bertz CT molecular complexity index is 848. The molecule has 9 heteroatoms. The SMILES string of the molecule is O=C(O)c1ccc(CNC(=O)c2cc(N3CCNC3=O)ccc2F)o1. The van der Waals surface area contributed by atoms with E-state index in [1.54, 1.807) is 0 Å². The molecule has 25 heavy (non-hydrogen) atoms. The number of furan rings is 1. The predicted molar refractivity (Wildman–Crippen MR) is 84.0 cm³/mol. The van der Waals surface area contributed by atoms with Crippen LogP contribution in [0.4, 0.5) is 14.9 Å². The van der Waals surface area contributed by atoms with E-state index in [1.165, 1.54) is 29.2 Å². The highest BCUT2D eigenvalue weighted by atomic mass is 19.1. The zero-order valence-electron chi connectivity index (χ0n) is 12.9. The van der Waals surface area contributed by atoms with E-state index in [0.29, 0.717) is 18.8 Å². The number of carbonyl (C=O) groups is 3. The number of carbonyl (C=O) groups excluding carboxylic acids is 2. The summed E-state index contributed by atoms with van der Waals surface area (Å²) in [5, 5.41) is 13.9. The molecule has 1 saturated heterocycles. The highest BCUT2D eigenvalue weighted by Crippen LogP contribution is 2.20. The summed E-state index contributed by atoms with van der Waals surface area (Å²) >= 11 is 0. The number of carboxylic acids is 1. The van der Waals surface area contributed by atoms with Gasteiger partial charge in [-0.05, 0) is 30.3 Å². The van der Waals surface area contributed by atoms with Crippen molar-refractivity contribution in [2.75, 3.05) is 18.0 Å². The Hall–Kier alpha value is -3.36. The summed E-state index contributed by atoms with van der Waals surface area (Å²) in [4.78, 5) is 36.0. The van der Waals surface area contributed by atoms with Gasteiger partial charge in [-0.15, -0.1) is 0 Å². The van der Waals surface area contributed by atoms with Crippen molar-refractivity contribution in [3.63, 3.8) is 0 Å². The van der Waals surface area contributed by atoms with E-state index in [9.17, 15) is 18.8 Å². The van der Waals surface area contributed by atoms with Gasteiger partial charge in [0, 0.05) is 18.8 Å². The monoisotopic (exact) mass is 347 g/mol. The van der Waals surface area contributed by atoms with Crippen molar-refractivity contribution in [1.29, 1.82) is 0 Å². The smallest absolute Gasteiger partial charge is 0.371 e. The van der Waals surface area contributed by atoms with Gasteiger partial charge in [-0.1, -0.05) is 0 Å². The van der Waals surface area contributed by atoms with Gasteiger partial charge < -0.3 is 20.2 Å². The fourth-order valence-corrected chi connectivity index (χ4v) is 2.42. The topological polar surface area (TPSA) is 112 Å². The fraction of sp³-hybridized carbons (Fsp3) is 0.188. The van der Waals surface area contributed by atoms with Crippen molar-refractivity contribution < 1.29 is 28.3 Å². The number of benzene rings is 1. The quantitative estimate of drug-likeness (QED) is 0.760. The third-order valence-corrected chi connectivity index (χ3v) is 3.66. The second-order valence-corrected chi connectivity index (χ2v) is 5.30. The zero-order valence-corrected chi connectivity index (χ0v) is 12.9. The predicted octanol–water partition coefficient (Wildman–Crippen LogP) is 1.58. The van der Waals surface area contributed by atoms with E-state index in [-0.39, 0.29) is 29.7 Å². The van der Waals surface area contributed by atoms with Gasteiger partial charge in [-0.2, -0.15) is 0 Å². The Balaban J connectivity index is 1.72. The third-order valence-electron chi connectivity index (χ3n) is 3.66. The molecule has 0 spiro atoms. The molecule has 1 aliphatic rings. The van der Waals surface area contributed by atoms with Gasteiger partial charge in [0.15, 0.2) is 0 Å². The molecule has 0 saturated carbocycles. The molecule has 2 aromatic rings. The summed E-state index contributed by atoms with van der Waals surface area (Å²) in [6, 6.07) is 6.19. The lowest BCUT2D eigenvalue weighted by Gasteiger charge is -2.15. The van der Waals surface area contributed by atoms with Crippen molar-refractivity contribution in [1.82, 2.24) is 10.6 Å². The maximum atomic E-state index is 14.0. The molecule has 0 aliphatic carbocycles. The maximum Gasteiger partial charge on any atom is 0.371 e. The molecule has 0 unspecified atom stereocenters. The Labute approximate surface area is 141 Å². The van der Waals surface area contributed by atoms with Gasteiger partial charge >= 0.3 is 12.0 Å². The number of hydrogen-bond acceptors (Lipinski definition) is 4. The maximum absolute atomic E-state index is 14.0. The van der Waals surface area contributed by atoms with Crippen LogP contribution in [-0.4, -0.2) is 36.1 Å². The number of aromatic carboxylic acids is 1. The highest BCUT2D eigenvalue weighted by Gasteiger charge is 2.23. The van der Waals surface area contributed by atoms with Crippen molar-refractivity contribution in [2.24, 2.45) is 0 Å². The van der Waals surface area contributed by atoms with Crippen LogP contribution in [-0.2, 0) is 6.54 Å². The number of rotatable bonds is 5. The lowest BCUT2D eigenvalue weighted by atomic mass is 10.1. The first-order valence-electron chi connectivity index (χ1n) is 7.41. The third kappa shape index (κ3) is 3.44. The number of nitrogens with zero attached hydrogens (tertiary/aromatic N) is 1. The van der Waals surface area contributed by atoms with E-state index in [0.717, 1.165) is 6.07 Å². The molecule has 8 nitrogen and oxygen atoms in total. The second kappa shape index (κ2) is 6.63. The van der Waals surface area contributed by atoms with E-state index in [4.69, 9.17) is 9.52 Å². The van der Waals surface area contributed by atoms with Gasteiger partial charge in [-0.3, -0.25) is 9.69 Å². The largest absolute Gasteiger partial charge is 0.475 e. The van der Waals surface area contributed by atoms with Crippen molar-refractivity contribution in [2.45, 2.75) is 6.54 Å². The number of anilines is 1. The average Bonchev–Trinajstić information content (AvgIpc) is 3.22. The van der Waals surface area contributed by atoms with Crippen LogP contribution in [0.3, 0.4) is 0 Å². The molecule has 0 atom stereocenters. The second-order valence-electron chi connectivity index (χ2n) is 5.30. The molecule has 130 valence electrons. The summed E-state index contributed by atoms with van der Waals surface area (Å²) < 4.78 is 19.0. The van der Waals surface area contributed by atoms with Gasteiger partial charge in [0.2, 0.25) is 5.76 Å². The lowest BCUT2D eigenvalue weighted by molar-refractivity contribution is 0.0660. The van der Waals surface area contributed by atoms with E-state index in [1.807, 2.05) is 0 Å². The molecule has 3 rings (SSSR count). The van der Waals surface area contributed by atoms with Crippen LogP contribution < -0.4 is 15.5 Å². The Morgan fingerprint density at radius 3 is 2.76 bits per heavy atom. The molecule has 3 N–H and O–H groups in total. The van der Waals surface area contributed by atoms with E-state index < -0.39 is 17.7 Å². The molecule has 1 fully saturated rings. The number of amides is 3. The molecule has 3 amide bonds. The van der Waals surface area contributed by atoms with E-state index in [2.05, 4.69) is 10.6 Å². The van der Waals surface area contributed by atoms with Crippen molar-refractivity contribution in [3.8, 4) is 0 Å². The summed E-state index contributed by atoms with van der Waals surface area (Å²) in [6.07, 6.45) is 0. The van der Waals surface area contributed by atoms with Crippen LogP contribution in [0.1, 0.15) is 26.7 Å². The number of hydrogen-bond donors (Lipinski definition) is 3. The highest BCUT2D eigenvalue weighted by molar-refractivity contribution is 5.98. The summed E-state index contributed by atoms with van der Waals surface area (Å²) in [5.74, 6) is -2.68. The molecule has 2 heterocycles. The van der Waals surface area contributed by atoms with Gasteiger partial charge in [-0.25, -0.2) is 14.0 Å². The zero-order chi connectivity index (χ0) is 18.0. The number of nitrogens with one attached hydrogen (secondary N) is 2. The van der Waals surface area contributed by atoms with Crippen LogP contribution >= 0.6 is 0 Å². The molecule has 1 aromatic carbocycles. The minimum absolute atomic E-state index is 0.0972. The fourth-order valence-electron chi connectivity index (χ4n) is 2.42. The molecular weight excluding hydrogens is 333 g/mol. The Kier molecular flexibility index (Phi) is 4.38. The van der Waals surface area contributed by atoms with Gasteiger partial charge in [0.25, 0.3) is 5.91 Å². The van der Waals surface area contributed by atoms with Crippen LogP contribution in [0.5, 0.6) is 0 Å². The number of carboxylic acid groups (broad SMARTS) is 1. The Morgan fingerprint density at radius 2 is 2.12 bits per heavy atom. The normalized spacial score (nSPS) is 13.6. The lowest BCUT2D eigenvalue weighted by Crippen LogP contribution is -2.29. The molecule has 1 aromatic heterocycles. The van der Waals surface area contributed by atoms with Crippen LogP contribution in [0.25, 0.3) is 0 Å². The molecule has 1 aliphatic heterocycles. The number of urea groups is 1. The Morgan fingerprint density at radius 1 is 1.32 bits per heavy atom. The molecule has 0 radical (unpaired) electrons. The van der Waals surface area contributed by atoms with Crippen molar-refractivity contribution >= 4 is 23.6 Å². The van der Waals surface area contributed by atoms with Gasteiger partial charge in [0.05, 0.1) is 12.1 Å². The van der Waals surface area contributed by atoms with Crippen LogP contribution in [0.2, 0.25) is 0 Å². The first kappa shape index (κ1) is 16.5. The summed E-state index contributed by atoms with van der Waals surface area (Å²) in [6.45, 7) is 0.804. The first-order valence-corrected chi connectivity index (χ1v) is 7.41. The average molecular weight is 347 g/mol. The molecular formula is C16H14FN3O5. The summed E-state index contributed by atoms with van der Waals surface area (Å²) in [7, 11) is 0. The minimum atomic E-state index is -1.22. The number of halogens is 1. The van der Waals surface area contributed by atoms with Gasteiger partial charge in [0.1, 0.15) is 11.6 Å². The van der Waals surface area contributed by atoms with E-state index >= 15 is 0 Å². The molecule has 0 bridgehead atoms.